The minimum absolute atomic E-state index is 0.106. The molecule has 0 rings (SSSR count). The van der Waals surface area contributed by atoms with Crippen LogP contribution >= 0.6 is 15.6 Å². The number of esters is 4. The highest BCUT2D eigenvalue weighted by Crippen LogP contribution is 2.45. The van der Waals surface area contributed by atoms with Gasteiger partial charge in [-0.15, -0.1) is 0 Å². The molecule has 0 saturated carbocycles. The number of ether oxygens (including phenoxy) is 4. The van der Waals surface area contributed by atoms with Crippen molar-refractivity contribution in [3.05, 3.63) is 0 Å². The van der Waals surface area contributed by atoms with E-state index in [-0.39, 0.29) is 25.7 Å². The van der Waals surface area contributed by atoms with Crippen LogP contribution in [0.5, 0.6) is 0 Å². The summed E-state index contributed by atoms with van der Waals surface area (Å²) in [6.07, 6.45) is 36.4. The van der Waals surface area contributed by atoms with E-state index in [1.165, 1.54) is 116 Å². The minimum Gasteiger partial charge on any atom is -0.462 e. The quantitative estimate of drug-likeness (QED) is 0.0222. The average molecular weight is 1140 g/mol. The first-order valence-electron chi connectivity index (χ1n) is 30.8. The van der Waals surface area contributed by atoms with Crippen LogP contribution in [0.4, 0.5) is 0 Å². The van der Waals surface area contributed by atoms with Crippen LogP contribution in [0.1, 0.15) is 291 Å². The summed E-state index contributed by atoms with van der Waals surface area (Å²) in [6, 6.07) is 0. The Kier molecular flexibility index (Phi) is 52.0. The van der Waals surface area contributed by atoms with Gasteiger partial charge in [-0.1, -0.05) is 240 Å². The van der Waals surface area contributed by atoms with Gasteiger partial charge in [-0.3, -0.25) is 37.3 Å². The summed E-state index contributed by atoms with van der Waals surface area (Å²) in [7, 11) is -9.86. The molecule has 3 N–H and O–H groups in total. The fraction of sp³-hybridized carbons (Fsp3) is 0.931. The van der Waals surface area contributed by atoms with Crippen LogP contribution in [0.2, 0.25) is 0 Å². The molecule has 19 heteroatoms. The van der Waals surface area contributed by atoms with Gasteiger partial charge in [0.25, 0.3) is 0 Å². The molecule has 0 bridgehead atoms. The molecule has 0 amide bonds. The Morgan fingerprint density at radius 3 is 0.766 bits per heavy atom. The highest BCUT2D eigenvalue weighted by molar-refractivity contribution is 7.47. The number of unbranched alkanes of at least 4 members (excludes halogenated alkanes) is 33. The Bertz CT molecular complexity index is 1500. The Hall–Kier alpha value is -1.94. The molecular formula is C58H112O17P2. The van der Waals surface area contributed by atoms with Crippen molar-refractivity contribution in [3.8, 4) is 0 Å². The summed E-state index contributed by atoms with van der Waals surface area (Å²) in [5, 5.41) is 10.5. The molecule has 0 heterocycles. The van der Waals surface area contributed by atoms with E-state index >= 15 is 0 Å². The molecule has 5 atom stereocenters. The van der Waals surface area contributed by atoms with E-state index in [1.54, 1.807) is 0 Å². The van der Waals surface area contributed by atoms with Gasteiger partial charge >= 0.3 is 39.5 Å². The predicted octanol–water partition coefficient (Wildman–Crippen LogP) is 15.6. The van der Waals surface area contributed by atoms with Crippen molar-refractivity contribution in [2.45, 2.75) is 309 Å². The van der Waals surface area contributed by atoms with Crippen LogP contribution < -0.4 is 0 Å². The van der Waals surface area contributed by atoms with E-state index in [1.807, 2.05) is 0 Å². The van der Waals surface area contributed by atoms with Crippen molar-refractivity contribution in [2.75, 3.05) is 39.6 Å². The van der Waals surface area contributed by atoms with Crippen LogP contribution in [0, 0.1) is 0 Å². The van der Waals surface area contributed by atoms with Gasteiger partial charge in [-0.25, -0.2) is 9.13 Å². The molecule has 0 aromatic rings. The highest BCUT2D eigenvalue weighted by Gasteiger charge is 2.30. The SMILES string of the molecule is CCCCCCCCCCCCCC(=O)OC[C@H](COP(=O)(O)OC[C@@H](O)COP(=O)(O)OC[C@@H](COC(=O)CCCCCCC)OC(=O)CCCCCCCCCCCC)OC(=O)CCCCCCCCCCCCC. The average Bonchev–Trinajstić information content (AvgIpc) is 3.40. The summed E-state index contributed by atoms with van der Waals surface area (Å²) < 4.78 is 67.5. The monoisotopic (exact) mass is 1140 g/mol. The number of hydrogen-bond acceptors (Lipinski definition) is 15. The lowest BCUT2D eigenvalue weighted by Crippen LogP contribution is -2.30. The smallest absolute Gasteiger partial charge is 0.462 e. The third-order valence-electron chi connectivity index (χ3n) is 13.4. The fourth-order valence-electron chi connectivity index (χ4n) is 8.57. The Morgan fingerprint density at radius 2 is 0.519 bits per heavy atom. The lowest BCUT2D eigenvalue weighted by Gasteiger charge is -2.21. The molecule has 77 heavy (non-hydrogen) atoms. The van der Waals surface area contributed by atoms with Gasteiger partial charge in [0.15, 0.2) is 12.2 Å². The van der Waals surface area contributed by atoms with Crippen LogP contribution in [-0.2, 0) is 65.4 Å². The fourth-order valence-corrected chi connectivity index (χ4v) is 10.2. The van der Waals surface area contributed by atoms with Crippen molar-refractivity contribution in [2.24, 2.45) is 0 Å². The highest BCUT2D eigenvalue weighted by atomic mass is 31.2. The van der Waals surface area contributed by atoms with Gasteiger partial charge in [0.1, 0.15) is 19.3 Å². The van der Waals surface area contributed by atoms with Gasteiger partial charge in [-0.2, -0.15) is 0 Å². The van der Waals surface area contributed by atoms with Crippen molar-refractivity contribution in [3.63, 3.8) is 0 Å². The van der Waals surface area contributed by atoms with E-state index < -0.39 is 97.5 Å². The zero-order valence-corrected chi connectivity index (χ0v) is 50.7. The molecule has 0 radical (unpaired) electrons. The summed E-state index contributed by atoms with van der Waals surface area (Å²) in [4.78, 5) is 71.6. The number of carbonyl (C=O) groups excluding carboxylic acids is 4. The number of aliphatic hydroxyl groups is 1. The number of rotatable bonds is 59. The number of hydrogen-bond donors (Lipinski definition) is 3. The van der Waals surface area contributed by atoms with E-state index in [9.17, 15) is 43.2 Å². The van der Waals surface area contributed by atoms with Crippen LogP contribution in [0.15, 0.2) is 0 Å². The Morgan fingerprint density at radius 1 is 0.312 bits per heavy atom. The van der Waals surface area contributed by atoms with Crippen LogP contribution in [0.3, 0.4) is 0 Å². The van der Waals surface area contributed by atoms with Crippen molar-refractivity contribution in [1.82, 2.24) is 0 Å². The summed E-state index contributed by atoms with van der Waals surface area (Å²) in [5.74, 6) is -2.15. The maximum atomic E-state index is 12.9. The molecule has 0 aromatic carbocycles. The van der Waals surface area contributed by atoms with Crippen molar-refractivity contribution < 1.29 is 80.2 Å². The summed E-state index contributed by atoms with van der Waals surface area (Å²) >= 11 is 0. The van der Waals surface area contributed by atoms with Gasteiger partial charge in [0.2, 0.25) is 0 Å². The molecule has 0 aliphatic carbocycles. The first-order chi connectivity index (χ1) is 37.2. The molecular weight excluding hydrogens is 1030 g/mol. The Balaban J connectivity index is 5.18. The van der Waals surface area contributed by atoms with Crippen molar-refractivity contribution in [1.29, 1.82) is 0 Å². The number of carbonyl (C=O) groups is 4. The lowest BCUT2D eigenvalue weighted by molar-refractivity contribution is -0.161. The normalized spacial score (nSPS) is 14.3. The van der Waals surface area contributed by atoms with E-state index in [0.717, 1.165) is 96.3 Å². The molecule has 456 valence electrons. The second-order valence-corrected chi connectivity index (χ2v) is 23.9. The Labute approximate surface area is 467 Å². The molecule has 0 aromatic heterocycles. The second kappa shape index (κ2) is 53.4. The molecule has 0 spiro atoms. The number of aliphatic hydroxyl groups excluding tert-OH is 1. The first kappa shape index (κ1) is 75.1. The maximum Gasteiger partial charge on any atom is 0.472 e. The summed E-state index contributed by atoms with van der Waals surface area (Å²) in [5.41, 5.74) is 0. The zero-order chi connectivity index (χ0) is 56.9. The maximum absolute atomic E-state index is 12.9. The zero-order valence-electron chi connectivity index (χ0n) is 48.9. The second-order valence-electron chi connectivity index (χ2n) is 21.0. The molecule has 0 aliphatic heterocycles. The molecule has 0 saturated heterocycles. The lowest BCUT2D eigenvalue weighted by atomic mass is 10.1. The van der Waals surface area contributed by atoms with Gasteiger partial charge in [-0.05, 0) is 25.7 Å². The number of phosphoric ester groups is 2. The van der Waals surface area contributed by atoms with Gasteiger partial charge in [0, 0.05) is 25.7 Å². The molecule has 17 nitrogen and oxygen atoms in total. The minimum atomic E-state index is -4.93. The topological polar surface area (TPSA) is 237 Å². The third kappa shape index (κ3) is 53.2. The van der Waals surface area contributed by atoms with Crippen LogP contribution in [0.25, 0.3) is 0 Å². The third-order valence-corrected chi connectivity index (χ3v) is 15.3. The molecule has 2 unspecified atom stereocenters. The van der Waals surface area contributed by atoms with E-state index in [4.69, 9.17) is 37.0 Å². The van der Waals surface area contributed by atoms with Gasteiger partial charge in [0.05, 0.1) is 26.4 Å². The van der Waals surface area contributed by atoms with E-state index in [2.05, 4.69) is 27.7 Å². The van der Waals surface area contributed by atoms with Crippen LogP contribution in [-0.4, -0.2) is 96.7 Å². The summed E-state index contributed by atoms with van der Waals surface area (Å²) in [6.45, 7) is 4.75. The van der Waals surface area contributed by atoms with Gasteiger partial charge < -0.3 is 33.8 Å². The largest absolute Gasteiger partial charge is 0.472 e. The van der Waals surface area contributed by atoms with E-state index in [0.29, 0.717) is 25.7 Å². The standard InChI is InChI=1S/C58H112O17P2/c1-5-9-13-17-20-23-26-29-31-35-39-43-56(61)69-49-54(75-58(63)45-41-37-33-30-27-24-21-18-14-10-6-2)51-73-77(66,67)71-47-52(59)46-70-76(64,65)72-50-53(48-68-55(60)42-38-34-16-12-8-4)74-57(62)44-40-36-32-28-25-22-19-15-11-7-3/h52-54,59H,5-51H2,1-4H3,(H,64,65)(H,66,67)/t52-,53+,54+/m0/s1. The number of phosphoric acid groups is 2. The molecule has 0 aliphatic rings. The van der Waals surface area contributed by atoms with Crippen molar-refractivity contribution >= 4 is 39.5 Å². The first-order valence-corrected chi connectivity index (χ1v) is 33.8. The molecule has 0 fully saturated rings. The predicted molar refractivity (Wildman–Crippen MR) is 303 cm³/mol.